The third-order valence-electron chi connectivity index (χ3n) is 4.71. The zero-order valence-electron chi connectivity index (χ0n) is 14.3. The average molecular weight is 318 g/mol. The van der Waals surface area contributed by atoms with E-state index in [1.54, 1.807) is 6.92 Å². The van der Waals surface area contributed by atoms with Crippen LogP contribution in [-0.2, 0) is 22.5 Å². The molecule has 3 heterocycles. The zero-order chi connectivity index (χ0) is 16.4. The summed E-state index contributed by atoms with van der Waals surface area (Å²) in [5.74, 6) is 1.88. The van der Waals surface area contributed by atoms with Crippen molar-refractivity contribution in [3.8, 4) is 0 Å². The van der Waals surface area contributed by atoms with Gasteiger partial charge in [-0.2, -0.15) is 0 Å². The standard InChI is InChI=1S/C17H26N4O2/c1-12-18-16-11-21(13(2)22)8-7-15(16)17(19-12)20(3)10-14-6-4-5-9-23-14/h14H,4-11H2,1-3H3/t14-/m0/s1. The summed E-state index contributed by atoms with van der Waals surface area (Å²) in [6.07, 6.45) is 4.64. The molecule has 3 rings (SSSR count). The number of anilines is 1. The Bertz CT molecular complexity index is 584. The lowest BCUT2D eigenvalue weighted by Crippen LogP contribution is -2.38. The zero-order valence-corrected chi connectivity index (χ0v) is 14.3. The van der Waals surface area contributed by atoms with Crippen LogP contribution in [0.2, 0.25) is 0 Å². The van der Waals surface area contributed by atoms with Crippen LogP contribution in [0.3, 0.4) is 0 Å². The fourth-order valence-electron chi connectivity index (χ4n) is 3.46. The number of fused-ring (bicyclic) bond motifs is 1. The first kappa shape index (κ1) is 16.2. The van der Waals surface area contributed by atoms with Gasteiger partial charge in [-0.25, -0.2) is 9.97 Å². The molecule has 0 spiro atoms. The van der Waals surface area contributed by atoms with Crippen LogP contribution in [-0.4, -0.2) is 53.6 Å². The molecule has 0 bridgehead atoms. The molecule has 1 saturated heterocycles. The molecule has 23 heavy (non-hydrogen) atoms. The van der Waals surface area contributed by atoms with Crippen LogP contribution in [0.4, 0.5) is 5.82 Å². The van der Waals surface area contributed by atoms with E-state index in [0.717, 1.165) is 49.9 Å². The van der Waals surface area contributed by atoms with Crippen molar-refractivity contribution in [2.45, 2.75) is 52.2 Å². The van der Waals surface area contributed by atoms with Gasteiger partial charge in [0.25, 0.3) is 0 Å². The molecular weight excluding hydrogens is 292 g/mol. The van der Waals surface area contributed by atoms with E-state index in [-0.39, 0.29) is 12.0 Å². The van der Waals surface area contributed by atoms with Gasteiger partial charge >= 0.3 is 0 Å². The molecule has 6 nitrogen and oxygen atoms in total. The summed E-state index contributed by atoms with van der Waals surface area (Å²) in [5.41, 5.74) is 2.18. The van der Waals surface area contributed by atoms with Crippen LogP contribution < -0.4 is 4.90 Å². The number of amides is 1. The maximum absolute atomic E-state index is 11.6. The molecule has 0 saturated carbocycles. The van der Waals surface area contributed by atoms with Crippen molar-refractivity contribution < 1.29 is 9.53 Å². The number of carbonyl (C=O) groups is 1. The van der Waals surface area contributed by atoms with Gasteiger partial charge in [0.2, 0.25) is 5.91 Å². The number of hydrogen-bond donors (Lipinski definition) is 0. The minimum Gasteiger partial charge on any atom is -0.376 e. The molecule has 1 aromatic heterocycles. The van der Waals surface area contributed by atoms with Crippen molar-refractivity contribution in [2.75, 3.05) is 31.6 Å². The van der Waals surface area contributed by atoms with Crippen LogP contribution in [0.15, 0.2) is 0 Å². The Kier molecular flexibility index (Phi) is 4.80. The van der Waals surface area contributed by atoms with Crippen molar-refractivity contribution >= 4 is 11.7 Å². The summed E-state index contributed by atoms with van der Waals surface area (Å²) < 4.78 is 5.85. The van der Waals surface area contributed by atoms with E-state index in [1.165, 1.54) is 18.4 Å². The number of hydrogen-bond acceptors (Lipinski definition) is 5. The van der Waals surface area contributed by atoms with Gasteiger partial charge in [-0.3, -0.25) is 4.79 Å². The first-order chi connectivity index (χ1) is 11.0. The fourth-order valence-corrected chi connectivity index (χ4v) is 3.46. The molecule has 1 amide bonds. The van der Waals surface area contributed by atoms with Crippen molar-refractivity contribution in [1.82, 2.24) is 14.9 Å². The minimum absolute atomic E-state index is 0.109. The monoisotopic (exact) mass is 318 g/mol. The summed E-state index contributed by atoms with van der Waals surface area (Å²) in [6, 6.07) is 0. The van der Waals surface area contributed by atoms with Crippen molar-refractivity contribution in [1.29, 1.82) is 0 Å². The second-order valence-corrected chi connectivity index (χ2v) is 6.58. The highest BCUT2D eigenvalue weighted by Gasteiger charge is 2.25. The van der Waals surface area contributed by atoms with Gasteiger partial charge < -0.3 is 14.5 Å². The molecule has 6 heteroatoms. The number of rotatable bonds is 3. The molecule has 1 aromatic rings. The lowest BCUT2D eigenvalue weighted by molar-refractivity contribution is -0.129. The Labute approximate surface area is 137 Å². The number of carbonyl (C=O) groups excluding carboxylic acids is 1. The van der Waals surface area contributed by atoms with Gasteiger partial charge in [-0.15, -0.1) is 0 Å². The number of aryl methyl sites for hydroxylation is 1. The minimum atomic E-state index is 0.109. The highest BCUT2D eigenvalue weighted by Crippen LogP contribution is 2.27. The van der Waals surface area contributed by atoms with Gasteiger partial charge in [0.05, 0.1) is 18.3 Å². The molecule has 126 valence electrons. The van der Waals surface area contributed by atoms with E-state index < -0.39 is 0 Å². The van der Waals surface area contributed by atoms with Crippen LogP contribution in [0, 0.1) is 6.92 Å². The summed E-state index contributed by atoms with van der Waals surface area (Å²) in [5, 5.41) is 0. The molecule has 1 fully saturated rings. The van der Waals surface area contributed by atoms with Crippen LogP contribution in [0.5, 0.6) is 0 Å². The van der Waals surface area contributed by atoms with E-state index in [2.05, 4.69) is 21.9 Å². The van der Waals surface area contributed by atoms with Crippen LogP contribution in [0.25, 0.3) is 0 Å². The van der Waals surface area contributed by atoms with Crippen molar-refractivity contribution in [2.24, 2.45) is 0 Å². The Morgan fingerprint density at radius 2 is 2.22 bits per heavy atom. The highest BCUT2D eigenvalue weighted by molar-refractivity contribution is 5.73. The molecule has 0 N–H and O–H groups in total. The highest BCUT2D eigenvalue weighted by atomic mass is 16.5. The summed E-state index contributed by atoms with van der Waals surface area (Å²) in [7, 11) is 2.08. The largest absolute Gasteiger partial charge is 0.376 e. The molecule has 0 radical (unpaired) electrons. The predicted octanol–water partition coefficient (Wildman–Crippen LogP) is 1.69. The first-order valence-corrected chi connectivity index (χ1v) is 8.49. The van der Waals surface area contributed by atoms with Gasteiger partial charge in [0.15, 0.2) is 0 Å². The number of ether oxygens (including phenoxy) is 1. The maximum atomic E-state index is 11.6. The van der Waals surface area contributed by atoms with E-state index in [4.69, 9.17) is 4.74 Å². The maximum Gasteiger partial charge on any atom is 0.219 e. The summed E-state index contributed by atoms with van der Waals surface area (Å²) in [4.78, 5) is 24.9. The lowest BCUT2D eigenvalue weighted by Gasteiger charge is -2.32. The third-order valence-corrected chi connectivity index (χ3v) is 4.71. The van der Waals surface area contributed by atoms with Gasteiger partial charge in [0.1, 0.15) is 11.6 Å². The number of nitrogens with zero attached hydrogens (tertiary/aromatic N) is 4. The van der Waals surface area contributed by atoms with Crippen molar-refractivity contribution in [3.05, 3.63) is 17.1 Å². The smallest absolute Gasteiger partial charge is 0.219 e. The van der Waals surface area contributed by atoms with Crippen LogP contribution in [0.1, 0.15) is 43.3 Å². The Hall–Kier alpha value is -1.69. The molecular formula is C17H26N4O2. The molecule has 2 aliphatic rings. The number of aromatic nitrogens is 2. The summed E-state index contributed by atoms with van der Waals surface area (Å²) in [6.45, 7) is 6.60. The number of likely N-dealkylation sites (N-methyl/N-ethyl adjacent to an activating group) is 1. The van der Waals surface area contributed by atoms with Gasteiger partial charge in [0, 0.05) is 39.2 Å². The second kappa shape index (κ2) is 6.83. The predicted molar refractivity (Wildman–Crippen MR) is 88.4 cm³/mol. The van der Waals surface area contributed by atoms with E-state index in [0.29, 0.717) is 6.54 Å². The Morgan fingerprint density at radius 3 is 2.91 bits per heavy atom. The first-order valence-electron chi connectivity index (χ1n) is 8.49. The van der Waals surface area contributed by atoms with Gasteiger partial charge in [-0.1, -0.05) is 0 Å². The summed E-state index contributed by atoms with van der Waals surface area (Å²) >= 11 is 0. The molecule has 0 aliphatic carbocycles. The molecule has 0 aromatic carbocycles. The molecule has 0 unspecified atom stereocenters. The molecule has 2 aliphatic heterocycles. The van der Waals surface area contributed by atoms with E-state index in [1.807, 2.05) is 11.8 Å². The topological polar surface area (TPSA) is 58.6 Å². The molecule has 1 atom stereocenters. The van der Waals surface area contributed by atoms with E-state index in [9.17, 15) is 4.79 Å². The van der Waals surface area contributed by atoms with E-state index >= 15 is 0 Å². The second-order valence-electron chi connectivity index (χ2n) is 6.58. The average Bonchev–Trinajstić information content (AvgIpc) is 2.54. The van der Waals surface area contributed by atoms with Crippen LogP contribution >= 0.6 is 0 Å². The fraction of sp³-hybridized carbons (Fsp3) is 0.706. The van der Waals surface area contributed by atoms with Crippen molar-refractivity contribution in [3.63, 3.8) is 0 Å². The SMILES string of the molecule is CC(=O)N1CCc2c(nc(C)nc2N(C)C[C@@H]2CCCCO2)C1. The Balaban J connectivity index is 1.80. The quantitative estimate of drug-likeness (QED) is 0.849. The normalized spacial score (nSPS) is 21.0. The van der Waals surface area contributed by atoms with Gasteiger partial charge in [-0.05, 0) is 32.6 Å². The lowest BCUT2D eigenvalue weighted by atomic mass is 10.0. The Morgan fingerprint density at radius 1 is 1.39 bits per heavy atom. The third kappa shape index (κ3) is 3.63.